The molecule has 0 radical (unpaired) electrons. The molecular formula is C12H21N3O4. The summed E-state index contributed by atoms with van der Waals surface area (Å²) in [7, 11) is 0. The van der Waals surface area contributed by atoms with Crippen LogP contribution in [0, 0.1) is 11.8 Å². The minimum Gasteiger partial charge on any atom is -0.481 e. The number of aliphatic carboxylic acids is 1. The van der Waals surface area contributed by atoms with Crippen LogP contribution in [0.25, 0.3) is 0 Å². The molecular weight excluding hydrogens is 250 g/mol. The monoisotopic (exact) mass is 271 g/mol. The summed E-state index contributed by atoms with van der Waals surface area (Å²) < 4.78 is 0. The van der Waals surface area contributed by atoms with E-state index in [1.807, 2.05) is 17.1 Å². The Hall–Kier alpha value is -1.63. The van der Waals surface area contributed by atoms with Gasteiger partial charge in [-0.15, -0.1) is 0 Å². The number of carboxylic acid groups (broad SMARTS) is 1. The van der Waals surface area contributed by atoms with Gasteiger partial charge in [0.05, 0.1) is 6.54 Å². The fourth-order valence-corrected chi connectivity index (χ4v) is 2.52. The van der Waals surface area contributed by atoms with E-state index >= 15 is 0 Å². The molecule has 108 valence electrons. The van der Waals surface area contributed by atoms with Crippen molar-refractivity contribution in [1.29, 1.82) is 0 Å². The topological polar surface area (TPSA) is 113 Å². The number of amides is 3. The number of likely N-dealkylation sites (tertiary alicyclic amines) is 1. The highest BCUT2D eigenvalue weighted by atomic mass is 16.4. The van der Waals surface area contributed by atoms with Crippen molar-refractivity contribution in [3.63, 3.8) is 0 Å². The first-order valence-electron chi connectivity index (χ1n) is 6.42. The van der Waals surface area contributed by atoms with Crippen molar-refractivity contribution >= 4 is 17.9 Å². The first-order chi connectivity index (χ1) is 8.88. The smallest absolute Gasteiger partial charge is 0.318 e. The number of rotatable bonds is 5. The lowest BCUT2D eigenvalue weighted by Gasteiger charge is -2.34. The van der Waals surface area contributed by atoms with Gasteiger partial charge in [0.25, 0.3) is 0 Å². The summed E-state index contributed by atoms with van der Waals surface area (Å²) in [6, 6.07) is -0.849. The van der Waals surface area contributed by atoms with Crippen molar-refractivity contribution in [2.45, 2.75) is 26.2 Å². The third-order valence-electron chi connectivity index (χ3n) is 3.47. The second kappa shape index (κ2) is 7.08. The SMILES string of the molecule is CC(CC(=O)O)C1CCCN(CC(=O)NC(N)=O)C1. The zero-order valence-electron chi connectivity index (χ0n) is 11.1. The van der Waals surface area contributed by atoms with Crippen molar-refractivity contribution in [3.8, 4) is 0 Å². The van der Waals surface area contributed by atoms with Crippen LogP contribution >= 0.6 is 0 Å². The number of hydrogen-bond donors (Lipinski definition) is 3. The van der Waals surface area contributed by atoms with Gasteiger partial charge in [-0.05, 0) is 31.2 Å². The summed E-state index contributed by atoms with van der Waals surface area (Å²) >= 11 is 0. The van der Waals surface area contributed by atoms with Crippen LogP contribution in [-0.2, 0) is 9.59 Å². The predicted molar refractivity (Wildman–Crippen MR) is 68.3 cm³/mol. The van der Waals surface area contributed by atoms with E-state index < -0.39 is 17.9 Å². The normalized spacial score (nSPS) is 21.6. The number of nitrogens with one attached hydrogen (secondary N) is 1. The number of hydrogen-bond acceptors (Lipinski definition) is 4. The van der Waals surface area contributed by atoms with E-state index in [2.05, 4.69) is 0 Å². The predicted octanol–water partition coefficient (Wildman–Crippen LogP) is 0.00410. The average molecular weight is 271 g/mol. The number of nitrogens with zero attached hydrogens (tertiary/aromatic N) is 1. The maximum absolute atomic E-state index is 11.4. The van der Waals surface area contributed by atoms with Gasteiger partial charge in [0.15, 0.2) is 0 Å². The average Bonchev–Trinajstić information content (AvgIpc) is 2.27. The van der Waals surface area contributed by atoms with E-state index in [4.69, 9.17) is 10.8 Å². The van der Waals surface area contributed by atoms with Gasteiger partial charge in [0, 0.05) is 13.0 Å². The summed E-state index contributed by atoms with van der Waals surface area (Å²) in [5.41, 5.74) is 4.87. The number of piperidine rings is 1. The fourth-order valence-electron chi connectivity index (χ4n) is 2.52. The van der Waals surface area contributed by atoms with Crippen molar-refractivity contribution in [2.24, 2.45) is 17.6 Å². The lowest BCUT2D eigenvalue weighted by Crippen LogP contribution is -2.46. The number of primary amides is 1. The molecule has 1 rings (SSSR count). The van der Waals surface area contributed by atoms with Crippen LogP contribution in [0.5, 0.6) is 0 Å². The van der Waals surface area contributed by atoms with Crippen LogP contribution in [0.4, 0.5) is 4.79 Å². The largest absolute Gasteiger partial charge is 0.481 e. The molecule has 0 aromatic heterocycles. The van der Waals surface area contributed by atoms with Crippen LogP contribution in [0.3, 0.4) is 0 Å². The number of carbonyl (C=O) groups is 3. The van der Waals surface area contributed by atoms with Gasteiger partial charge in [-0.25, -0.2) is 4.79 Å². The molecule has 1 saturated heterocycles. The molecule has 1 heterocycles. The molecule has 1 aliphatic heterocycles. The molecule has 0 aliphatic carbocycles. The molecule has 1 aliphatic rings. The van der Waals surface area contributed by atoms with E-state index in [1.54, 1.807) is 0 Å². The third kappa shape index (κ3) is 5.69. The van der Waals surface area contributed by atoms with E-state index in [0.29, 0.717) is 6.54 Å². The number of carbonyl (C=O) groups excluding carboxylic acids is 2. The molecule has 7 heteroatoms. The zero-order chi connectivity index (χ0) is 14.4. The number of nitrogens with two attached hydrogens (primary N) is 1. The summed E-state index contributed by atoms with van der Waals surface area (Å²) in [5.74, 6) is -0.860. The molecule has 0 aromatic rings. The Morgan fingerprint density at radius 1 is 1.47 bits per heavy atom. The number of urea groups is 1. The van der Waals surface area contributed by atoms with Crippen LogP contribution in [0.15, 0.2) is 0 Å². The van der Waals surface area contributed by atoms with Gasteiger partial charge in [-0.1, -0.05) is 6.92 Å². The van der Waals surface area contributed by atoms with Crippen LogP contribution in [0.1, 0.15) is 26.2 Å². The molecule has 2 unspecified atom stereocenters. The van der Waals surface area contributed by atoms with Crippen molar-refractivity contribution in [2.75, 3.05) is 19.6 Å². The van der Waals surface area contributed by atoms with Crippen LogP contribution < -0.4 is 11.1 Å². The molecule has 4 N–H and O–H groups in total. The second-order valence-corrected chi connectivity index (χ2v) is 5.12. The van der Waals surface area contributed by atoms with Crippen molar-refractivity contribution in [1.82, 2.24) is 10.2 Å². The molecule has 0 spiro atoms. The second-order valence-electron chi connectivity index (χ2n) is 5.12. The van der Waals surface area contributed by atoms with Gasteiger partial charge < -0.3 is 10.8 Å². The lowest BCUT2D eigenvalue weighted by atomic mass is 9.84. The summed E-state index contributed by atoms with van der Waals surface area (Å²) in [5, 5.41) is 10.8. The van der Waals surface area contributed by atoms with E-state index in [-0.39, 0.29) is 24.8 Å². The standard InChI is InChI=1S/C12H21N3O4/c1-8(5-11(17)18)9-3-2-4-15(6-9)7-10(16)14-12(13)19/h8-9H,2-7H2,1H3,(H,17,18)(H3,13,14,16,19). The van der Waals surface area contributed by atoms with Crippen molar-refractivity contribution in [3.05, 3.63) is 0 Å². The third-order valence-corrected chi connectivity index (χ3v) is 3.47. The summed E-state index contributed by atoms with van der Waals surface area (Å²) in [6.07, 6.45) is 2.05. The highest BCUT2D eigenvalue weighted by Gasteiger charge is 2.26. The van der Waals surface area contributed by atoms with E-state index in [1.165, 1.54) is 0 Å². The summed E-state index contributed by atoms with van der Waals surface area (Å²) in [6.45, 7) is 3.51. The molecule has 0 bridgehead atoms. The Bertz CT molecular complexity index is 359. The maximum Gasteiger partial charge on any atom is 0.318 e. The van der Waals surface area contributed by atoms with Crippen LogP contribution in [0.2, 0.25) is 0 Å². The van der Waals surface area contributed by atoms with Crippen molar-refractivity contribution < 1.29 is 19.5 Å². The molecule has 7 nitrogen and oxygen atoms in total. The van der Waals surface area contributed by atoms with Gasteiger partial charge in [-0.3, -0.25) is 19.8 Å². The fraction of sp³-hybridized carbons (Fsp3) is 0.750. The minimum absolute atomic E-state index is 0.0829. The summed E-state index contributed by atoms with van der Waals surface area (Å²) in [4.78, 5) is 34.6. The van der Waals surface area contributed by atoms with Crippen LogP contribution in [-0.4, -0.2) is 47.5 Å². The Morgan fingerprint density at radius 3 is 2.74 bits per heavy atom. The molecule has 1 fully saturated rings. The highest BCUT2D eigenvalue weighted by molar-refractivity contribution is 5.94. The first-order valence-corrected chi connectivity index (χ1v) is 6.42. The molecule has 3 amide bonds. The Balaban J connectivity index is 2.43. The number of carboxylic acids is 1. The maximum atomic E-state index is 11.4. The highest BCUT2D eigenvalue weighted by Crippen LogP contribution is 2.25. The zero-order valence-corrected chi connectivity index (χ0v) is 11.1. The Labute approximate surface area is 112 Å². The molecule has 19 heavy (non-hydrogen) atoms. The Morgan fingerprint density at radius 2 is 2.16 bits per heavy atom. The minimum atomic E-state index is -0.849. The molecule has 2 atom stereocenters. The van der Waals surface area contributed by atoms with E-state index in [9.17, 15) is 14.4 Å². The number of imide groups is 1. The van der Waals surface area contributed by atoms with Gasteiger partial charge in [-0.2, -0.15) is 0 Å². The lowest BCUT2D eigenvalue weighted by molar-refractivity contribution is -0.138. The first kappa shape index (κ1) is 15.4. The van der Waals surface area contributed by atoms with Gasteiger partial charge in [0.2, 0.25) is 5.91 Å². The Kier molecular flexibility index (Phi) is 5.75. The quantitative estimate of drug-likeness (QED) is 0.651. The van der Waals surface area contributed by atoms with Gasteiger partial charge in [0.1, 0.15) is 0 Å². The van der Waals surface area contributed by atoms with E-state index in [0.717, 1.165) is 19.4 Å². The van der Waals surface area contributed by atoms with Gasteiger partial charge >= 0.3 is 12.0 Å². The molecule has 0 aromatic carbocycles. The molecule has 0 saturated carbocycles.